The summed E-state index contributed by atoms with van der Waals surface area (Å²) in [7, 11) is 1.01. The number of carbonyl (C=O) groups is 1. The van der Waals surface area contributed by atoms with Gasteiger partial charge in [-0.3, -0.25) is 0 Å². The molecular weight excluding hydrogens is 285 g/mol. The molecule has 1 N–H and O–H groups in total. The molecule has 0 heterocycles. The van der Waals surface area contributed by atoms with E-state index in [1.807, 2.05) is 0 Å². The van der Waals surface area contributed by atoms with Crippen molar-refractivity contribution < 1.29 is 27.8 Å². The molecule has 0 aliphatic heterocycles. The maximum absolute atomic E-state index is 13.2. The Hall–Kier alpha value is -2.08. The van der Waals surface area contributed by atoms with Crippen LogP contribution in [0.3, 0.4) is 0 Å². The lowest BCUT2D eigenvalue weighted by molar-refractivity contribution is -0.269. The van der Waals surface area contributed by atoms with Crippen LogP contribution in [0, 0.1) is 0 Å². The topological polar surface area (TPSA) is 46.5 Å². The number of carboxylic acid groups (broad SMARTS) is 1. The van der Waals surface area contributed by atoms with E-state index < -0.39 is 17.7 Å². The Kier molecular flexibility index (Phi) is 3.67. The van der Waals surface area contributed by atoms with E-state index in [4.69, 9.17) is 5.11 Å². The molecule has 6 heteroatoms. The number of ether oxygens (including phenoxy) is 1. The SMILES string of the molecule is COC(C)(c1ccc2cc(C(=O)O)ccc2c1)C(F)(F)F. The summed E-state index contributed by atoms with van der Waals surface area (Å²) in [6, 6.07) is 8.36. The normalized spacial score (nSPS) is 14.9. The van der Waals surface area contributed by atoms with Crippen LogP contribution in [0.25, 0.3) is 10.8 Å². The standard InChI is InChI=1S/C15H13F3O3/c1-14(21-2,15(16,17)18)12-6-5-9-7-11(13(19)20)4-3-10(9)8-12/h3-8H,1-2H3,(H,19,20). The molecule has 0 saturated carbocycles. The van der Waals surface area contributed by atoms with Crippen molar-refractivity contribution in [3.8, 4) is 0 Å². The van der Waals surface area contributed by atoms with E-state index in [-0.39, 0.29) is 11.1 Å². The van der Waals surface area contributed by atoms with Crippen molar-refractivity contribution in [2.45, 2.75) is 18.7 Å². The van der Waals surface area contributed by atoms with Crippen molar-refractivity contribution in [3.63, 3.8) is 0 Å². The number of benzene rings is 2. The van der Waals surface area contributed by atoms with Gasteiger partial charge in [-0.15, -0.1) is 0 Å². The first kappa shape index (κ1) is 15.3. The number of alkyl halides is 3. The maximum Gasteiger partial charge on any atom is 0.421 e. The van der Waals surface area contributed by atoms with Crippen LogP contribution in [0.5, 0.6) is 0 Å². The summed E-state index contributed by atoms with van der Waals surface area (Å²) in [4.78, 5) is 10.9. The van der Waals surface area contributed by atoms with Gasteiger partial charge in [0.2, 0.25) is 0 Å². The van der Waals surface area contributed by atoms with E-state index in [0.29, 0.717) is 10.8 Å². The Balaban J connectivity index is 2.58. The summed E-state index contributed by atoms with van der Waals surface area (Å²) in [5, 5.41) is 9.98. The minimum Gasteiger partial charge on any atom is -0.478 e. The summed E-state index contributed by atoms with van der Waals surface area (Å²) < 4.78 is 44.2. The van der Waals surface area contributed by atoms with Gasteiger partial charge in [0.25, 0.3) is 0 Å². The van der Waals surface area contributed by atoms with Crippen LogP contribution in [0.1, 0.15) is 22.8 Å². The zero-order valence-corrected chi connectivity index (χ0v) is 11.4. The second-order valence-corrected chi connectivity index (χ2v) is 4.82. The van der Waals surface area contributed by atoms with Gasteiger partial charge in [-0.2, -0.15) is 13.2 Å². The molecule has 0 aromatic heterocycles. The second-order valence-electron chi connectivity index (χ2n) is 4.82. The van der Waals surface area contributed by atoms with E-state index in [2.05, 4.69) is 4.74 Å². The summed E-state index contributed by atoms with van der Waals surface area (Å²) in [5.41, 5.74) is -2.36. The monoisotopic (exact) mass is 298 g/mol. The van der Waals surface area contributed by atoms with E-state index in [1.54, 1.807) is 0 Å². The highest BCUT2D eigenvalue weighted by Gasteiger charge is 2.53. The van der Waals surface area contributed by atoms with Gasteiger partial charge in [0.15, 0.2) is 5.60 Å². The van der Waals surface area contributed by atoms with Crippen molar-refractivity contribution in [3.05, 3.63) is 47.5 Å². The average molecular weight is 298 g/mol. The molecule has 0 spiro atoms. The molecule has 0 bridgehead atoms. The number of fused-ring (bicyclic) bond motifs is 1. The minimum atomic E-state index is -4.56. The average Bonchev–Trinajstić information content (AvgIpc) is 2.43. The highest BCUT2D eigenvalue weighted by Crippen LogP contribution is 2.42. The molecule has 0 aliphatic carbocycles. The number of aromatic carboxylic acids is 1. The second kappa shape index (κ2) is 5.04. The molecule has 3 nitrogen and oxygen atoms in total. The van der Waals surface area contributed by atoms with Crippen molar-refractivity contribution in [1.82, 2.24) is 0 Å². The zero-order chi connectivity index (χ0) is 15.8. The first-order valence-corrected chi connectivity index (χ1v) is 6.08. The Morgan fingerprint density at radius 3 is 2.19 bits per heavy atom. The molecule has 1 atom stereocenters. The Morgan fingerprint density at radius 2 is 1.67 bits per heavy atom. The van der Waals surface area contributed by atoms with Crippen LogP contribution in [-0.4, -0.2) is 24.4 Å². The predicted molar refractivity (Wildman–Crippen MR) is 71.3 cm³/mol. The highest BCUT2D eigenvalue weighted by molar-refractivity contribution is 5.94. The first-order chi connectivity index (χ1) is 9.69. The van der Waals surface area contributed by atoms with Crippen molar-refractivity contribution in [2.75, 3.05) is 7.11 Å². The molecule has 0 amide bonds. The molecule has 2 aromatic rings. The van der Waals surface area contributed by atoms with Gasteiger partial charge in [0.05, 0.1) is 5.56 Å². The Labute approximate surface area is 119 Å². The molecule has 21 heavy (non-hydrogen) atoms. The van der Waals surface area contributed by atoms with Crippen LogP contribution in [0.4, 0.5) is 13.2 Å². The van der Waals surface area contributed by atoms with Gasteiger partial charge in [-0.25, -0.2) is 4.79 Å². The third-order valence-electron chi connectivity index (χ3n) is 3.59. The number of hydrogen-bond acceptors (Lipinski definition) is 2. The fraction of sp³-hybridized carbons (Fsp3) is 0.267. The molecule has 2 rings (SSSR count). The molecule has 0 radical (unpaired) electrons. The van der Waals surface area contributed by atoms with Gasteiger partial charge < -0.3 is 9.84 Å². The van der Waals surface area contributed by atoms with Crippen LogP contribution in [0.2, 0.25) is 0 Å². The maximum atomic E-state index is 13.2. The Bertz CT molecular complexity index is 694. The lowest BCUT2D eigenvalue weighted by Crippen LogP contribution is -2.41. The van der Waals surface area contributed by atoms with Crippen molar-refractivity contribution >= 4 is 16.7 Å². The summed E-state index contributed by atoms with van der Waals surface area (Å²) in [6.45, 7) is 0.958. The fourth-order valence-electron chi connectivity index (χ4n) is 2.07. The number of methoxy groups -OCH3 is 1. The van der Waals surface area contributed by atoms with Gasteiger partial charge in [-0.1, -0.05) is 18.2 Å². The smallest absolute Gasteiger partial charge is 0.421 e. The van der Waals surface area contributed by atoms with Gasteiger partial charge in [-0.05, 0) is 41.5 Å². The molecule has 0 fully saturated rings. The highest BCUT2D eigenvalue weighted by atomic mass is 19.4. The van der Waals surface area contributed by atoms with Crippen LogP contribution < -0.4 is 0 Å². The van der Waals surface area contributed by atoms with Gasteiger partial charge >= 0.3 is 12.1 Å². The molecule has 0 saturated heterocycles. The lowest BCUT2D eigenvalue weighted by Gasteiger charge is -2.31. The molecule has 1 unspecified atom stereocenters. The van der Waals surface area contributed by atoms with E-state index in [1.165, 1.54) is 36.4 Å². The lowest BCUT2D eigenvalue weighted by atomic mass is 9.92. The summed E-state index contributed by atoms with van der Waals surface area (Å²) >= 11 is 0. The van der Waals surface area contributed by atoms with E-state index in [9.17, 15) is 18.0 Å². The van der Waals surface area contributed by atoms with Crippen LogP contribution in [-0.2, 0) is 10.3 Å². The third-order valence-corrected chi connectivity index (χ3v) is 3.59. The van der Waals surface area contributed by atoms with Gasteiger partial charge in [0.1, 0.15) is 0 Å². The Morgan fingerprint density at radius 1 is 1.10 bits per heavy atom. The summed E-state index contributed by atoms with van der Waals surface area (Å²) in [6.07, 6.45) is -4.56. The van der Waals surface area contributed by atoms with E-state index in [0.717, 1.165) is 14.0 Å². The largest absolute Gasteiger partial charge is 0.478 e. The van der Waals surface area contributed by atoms with Crippen LogP contribution >= 0.6 is 0 Å². The molecule has 2 aromatic carbocycles. The first-order valence-electron chi connectivity index (χ1n) is 6.08. The number of carboxylic acids is 1. The van der Waals surface area contributed by atoms with E-state index >= 15 is 0 Å². The molecule has 112 valence electrons. The third kappa shape index (κ3) is 2.58. The van der Waals surface area contributed by atoms with Crippen molar-refractivity contribution in [1.29, 1.82) is 0 Å². The predicted octanol–water partition coefficient (Wildman–Crippen LogP) is 3.96. The number of halogens is 3. The fourth-order valence-corrected chi connectivity index (χ4v) is 2.07. The number of hydrogen-bond donors (Lipinski definition) is 1. The minimum absolute atomic E-state index is 0.0342. The zero-order valence-electron chi connectivity index (χ0n) is 11.4. The van der Waals surface area contributed by atoms with Crippen molar-refractivity contribution in [2.24, 2.45) is 0 Å². The molecule has 0 aliphatic rings. The number of rotatable bonds is 3. The van der Waals surface area contributed by atoms with Crippen LogP contribution in [0.15, 0.2) is 36.4 Å². The summed E-state index contributed by atoms with van der Waals surface area (Å²) in [5.74, 6) is -1.09. The van der Waals surface area contributed by atoms with Gasteiger partial charge in [0, 0.05) is 7.11 Å². The quantitative estimate of drug-likeness (QED) is 0.933. The molecular formula is C15H13F3O3.